The number of amides is 1. The molecule has 0 aliphatic heterocycles. The van der Waals surface area contributed by atoms with Crippen LogP contribution in [0.15, 0.2) is 5.11 Å². The van der Waals surface area contributed by atoms with Crippen LogP contribution < -0.4 is 5.73 Å². The van der Waals surface area contributed by atoms with Gasteiger partial charge >= 0.3 is 0 Å². The summed E-state index contributed by atoms with van der Waals surface area (Å²) in [6.45, 7) is 3.24. The Balaban J connectivity index is 4.54. The summed E-state index contributed by atoms with van der Waals surface area (Å²) in [5, 5.41) is 3.28. The molecule has 56 valence electrons. The monoisotopic (exact) mass is 142 g/mol. The van der Waals surface area contributed by atoms with Gasteiger partial charge < -0.3 is 5.73 Å². The Morgan fingerprint density at radius 2 is 2.40 bits per heavy atom. The van der Waals surface area contributed by atoms with Gasteiger partial charge in [0, 0.05) is 4.91 Å². The first kappa shape index (κ1) is 8.78. The maximum atomic E-state index is 10.6. The lowest BCUT2D eigenvalue weighted by molar-refractivity contribution is -0.122. The van der Waals surface area contributed by atoms with Gasteiger partial charge in [0.25, 0.3) is 0 Å². The molecule has 0 fully saturated rings. The summed E-state index contributed by atoms with van der Waals surface area (Å²) in [6.07, 6.45) is 0.423. The van der Waals surface area contributed by atoms with Crippen molar-refractivity contribution in [1.82, 2.24) is 0 Å². The van der Waals surface area contributed by atoms with Crippen molar-refractivity contribution >= 4 is 5.91 Å². The second kappa shape index (κ2) is 3.08. The molecule has 0 heterocycles. The third kappa shape index (κ3) is 1.63. The Bertz CT molecular complexity index is 180. The lowest BCUT2D eigenvalue weighted by Gasteiger charge is -2.15. The van der Waals surface area contributed by atoms with E-state index in [1.54, 1.807) is 6.92 Å². The molecule has 5 nitrogen and oxygen atoms in total. The van der Waals surface area contributed by atoms with Gasteiger partial charge in [0.05, 0.1) is 0 Å². The number of carbonyl (C=O) groups is 1. The number of nitrogens with zero attached hydrogens (tertiary/aromatic N) is 3. The molecule has 1 amide bonds. The molecule has 0 spiro atoms. The Morgan fingerprint density at radius 3 is 2.50 bits per heavy atom. The summed E-state index contributed by atoms with van der Waals surface area (Å²) in [5.74, 6) is -0.590. The van der Waals surface area contributed by atoms with Crippen LogP contribution in [-0.4, -0.2) is 11.4 Å². The Hall–Kier alpha value is -1.22. The topological polar surface area (TPSA) is 91.8 Å². The van der Waals surface area contributed by atoms with Crippen LogP contribution in [0.25, 0.3) is 10.4 Å². The molecule has 0 aliphatic carbocycles. The zero-order valence-corrected chi connectivity index (χ0v) is 6.03. The van der Waals surface area contributed by atoms with Gasteiger partial charge in [-0.25, -0.2) is 0 Å². The smallest absolute Gasteiger partial charge is 0.229 e. The van der Waals surface area contributed by atoms with E-state index in [2.05, 4.69) is 10.0 Å². The Kier molecular flexibility index (Phi) is 2.70. The molecule has 0 rings (SSSR count). The first-order valence-corrected chi connectivity index (χ1v) is 2.93. The molecule has 0 aliphatic rings. The predicted octanol–water partition coefficient (Wildman–Crippen LogP) is 0.951. The molecular weight excluding hydrogens is 132 g/mol. The summed E-state index contributed by atoms with van der Waals surface area (Å²) in [6, 6.07) is 0. The van der Waals surface area contributed by atoms with Crippen LogP contribution in [0.5, 0.6) is 0 Å². The van der Waals surface area contributed by atoms with Crippen molar-refractivity contribution in [2.45, 2.75) is 25.8 Å². The standard InChI is InChI=1S/C5H10N4O/c1-3-5(2,4(6)10)8-9-7/h3H2,1-2H3,(H2,6,10)/t5-/m0/s1. The quantitative estimate of drug-likeness (QED) is 0.354. The average Bonchev–Trinajstić information content (AvgIpc) is 1.88. The van der Waals surface area contributed by atoms with Gasteiger partial charge in [0.2, 0.25) is 5.91 Å². The molecule has 0 radical (unpaired) electrons. The van der Waals surface area contributed by atoms with E-state index in [9.17, 15) is 4.79 Å². The molecule has 2 N–H and O–H groups in total. The van der Waals surface area contributed by atoms with Gasteiger partial charge in [0.15, 0.2) is 0 Å². The molecule has 0 saturated heterocycles. The van der Waals surface area contributed by atoms with Gasteiger partial charge in [-0.15, -0.1) is 0 Å². The molecule has 5 heteroatoms. The second-order valence-corrected chi connectivity index (χ2v) is 2.18. The predicted molar refractivity (Wildman–Crippen MR) is 37.0 cm³/mol. The third-order valence-electron chi connectivity index (χ3n) is 1.48. The van der Waals surface area contributed by atoms with E-state index in [0.29, 0.717) is 6.42 Å². The average molecular weight is 142 g/mol. The van der Waals surface area contributed by atoms with Crippen molar-refractivity contribution < 1.29 is 4.79 Å². The zero-order valence-electron chi connectivity index (χ0n) is 6.03. The number of carbonyl (C=O) groups excluding carboxylic acids is 1. The minimum atomic E-state index is -1.06. The zero-order chi connectivity index (χ0) is 8.20. The third-order valence-corrected chi connectivity index (χ3v) is 1.48. The fraction of sp³-hybridized carbons (Fsp3) is 0.800. The fourth-order valence-corrected chi connectivity index (χ4v) is 0.393. The fourth-order valence-electron chi connectivity index (χ4n) is 0.393. The number of primary amides is 1. The van der Waals surface area contributed by atoms with Gasteiger partial charge in [-0.1, -0.05) is 12.0 Å². The molecule has 1 atom stereocenters. The SMILES string of the molecule is CC[C@](C)(N=[N+]=[N-])C(N)=O. The molecular formula is C5H10N4O. The molecule has 0 unspecified atom stereocenters. The van der Waals surface area contributed by atoms with Crippen LogP contribution >= 0.6 is 0 Å². The Labute approximate surface area is 58.8 Å². The van der Waals surface area contributed by atoms with E-state index in [1.165, 1.54) is 6.92 Å². The van der Waals surface area contributed by atoms with E-state index in [0.717, 1.165) is 0 Å². The number of hydrogen-bond acceptors (Lipinski definition) is 2. The van der Waals surface area contributed by atoms with Gasteiger partial charge in [-0.2, -0.15) is 0 Å². The highest BCUT2D eigenvalue weighted by Crippen LogP contribution is 2.13. The lowest BCUT2D eigenvalue weighted by Crippen LogP contribution is -2.38. The lowest BCUT2D eigenvalue weighted by atomic mass is 10.0. The van der Waals surface area contributed by atoms with Gasteiger partial charge in [-0.3, -0.25) is 4.79 Å². The summed E-state index contributed by atoms with van der Waals surface area (Å²) in [7, 11) is 0. The normalized spacial score (nSPS) is 15.0. The van der Waals surface area contributed by atoms with Crippen molar-refractivity contribution in [2.75, 3.05) is 0 Å². The van der Waals surface area contributed by atoms with E-state index >= 15 is 0 Å². The maximum Gasteiger partial charge on any atom is 0.229 e. The summed E-state index contributed by atoms with van der Waals surface area (Å²) < 4.78 is 0. The molecule has 0 saturated carbocycles. The largest absolute Gasteiger partial charge is 0.369 e. The first-order chi connectivity index (χ1) is 4.56. The number of rotatable bonds is 3. The van der Waals surface area contributed by atoms with Crippen molar-refractivity contribution in [3.8, 4) is 0 Å². The highest BCUT2D eigenvalue weighted by atomic mass is 16.1. The van der Waals surface area contributed by atoms with E-state index < -0.39 is 11.4 Å². The summed E-state index contributed by atoms with van der Waals surface area (Å²) >= 11 is 0. The highest BCUT2D eigenvalue weighted by molar-refractivity contribution is 5.84. The molecule has 0 bridgehead atoms. The Morgan fingerprint density at radius 1 is 1.90 bits per heavy atom. The van der Waals surface area contributed by atoms with Crippen LogP contribution in [0, 0.1) is 0 Å². The van der Waals surface area contributed by atoms with Crippen LogP contribution in [-0.2, 0) is 4.79 Å². The van der Waals surface area contributed by atoms with Crippen LogP contribution in [0.2, 0.25) is 0 Å². The minimum absolute atomic E-state index is 0.423. The minimum Gasteiger partial charge on any atom is -0.369 e. The van der Waals surface area contributed by atoms with Crippen LogP contribution in [0.3, 0.4) is 0 Å². The molecule has 10 heavy (non-hydrogen) atoms. The van der Waals surface area contributed by atoms with Crippen molar-refractivity contribution in [1.29, 1.82) is 0 Å². The number of azide groups is 1. The maximum absolute atomic E-state index is 10.6. The van der Waals surface area contributed by atoms with E-state index in [4.69, 9.17) is 11.3 Å². The van der Waals surface area contributed by atoms with Crippen molar-refractivity contribution in [3.05, 3.63) is 10.4 Å². The molecule has 0 aromatic heterocycles. The van der Waals surface area contributed by atoms with Crippen molar-refractivity contribution in [3.63, 3.8) is 0 Å². The van der Waals surface area contributed by atoms with Crippen LogP contribution in [0.1, 0.15) is 20.3 Å². The number of hydrogen-bond donors (Lipinski definition) is 1. The first-order valence-electron chi connectivity index (χ1n) is 2.93. The second-order valence-electron chi connectivity index (χ2n) is 2.18. The van der Waals surface area contributed by atoms with E-state index in [1.807, 2.05) is 0 Å². The van der Waals surface area contributed by atoms with E-state index in [-0.39, 0.29) is 0 Å². The molecule has 0 aromatic carbocycles. The highest BCUT2D eigenvalue weighted by Gasteiger charge is 2.26. The van der Waals surface area contributed by atoms with Gasteiger partial charge in [-0.05, 0) is 18.9 Å². The number of nitrogens with two attached hydrogens (primary N) is 1. The van der Waals surface area contributed by atoms with Gasteiger partial charge in [0.1, 0.15) is 5.54 Å². The molecule has 0 aromatic rings. The summed E-state index contributed by atoms with van der Waals surface area (Å²) in [4.78, 5) is 13.1. The summed E-state index contributed by atoms with van der Waals surface area (Å²) in [5.41, 5.74) is 11.9. The van der Waals surface area contributed by atoms with Crippen molar-refractivity contribution in [2.24, 2.45) is 10.8 Å². The van der Waals surface area contributed by atoms with Crippen LogP contribution in [0.4, 0.5) is 0 Å².